The van der Waals surface area contributed by atoms with Crippen LogP contribution in [-0.2, 0) is 11.3 Å². The average Bonchev–Trinajstić information content (AvgIpc) is 3.45. The number of fused-ring (bicyclic) bond motifs is 1. The van der Waals surface area contributed by atoms with E-state index in [4.69, 9.17) is 0 Å². The number of halogens is 1. The molecule has 0 spiro atoms. The van der Waals surface area contributed by atoms with Crippen LogP contribution in [0.1, 0.15) is 19.8 Å². The quantitative estimate of drug-likeness (QED) is 0.718. The lowest BCUT2D eigenvalue weighted by atomic mass is 9.98. The van der Waals surface area contributed by atoms with Gasteiger partial charge in [-0.15, -0.1) is 11.3 Å². The summed E-state index contributed by atoms with van der Waals surface area (Å²) in [7, 11) is 0. The number of hydrogen-bond acceptors (Lipinski definition) is 5. The highest BCUT2D eigenvalue weighted by Crippen LogP contribution is 2.39. The van der Waals surface area contributed by atoms with Crippen molar-refractivity contribution in [2.75, 3.05) is 0 Å². The molecule has 6 nitrogen and oxygen atoms in total. The molecule has 1 fully saturated rings. The Kier molecular flexibility index (Phi) is 4.47. The number of benzene rings is 1. The molecule has 1 aromatic carbocycles. The molecule has 2 aromatic heterocycles. The monoisotopic (exact) mass is 396 g/mol. The number of nitrogens with one attached hydrogen (secondary N) is 1. The van der Waals surface area contributed by atoms with E-state index in [9.17, 15) is 19.2 Å². The number of carbonyl (C=O) groups is 1. The van der Waals surface area contributed by atoms with Crippen molar-refractivity contribution >= 4 is 27.5 Å². The summed E-state index contributed by atoms with van der Waals surface area (Å²) in [5, 5.41) is 14.3. The molecule has 0 radical (unpaired) electrons. The van der Waals surface area contributed by atoms with Crippen LogP contribution in [-0.4, -0.2) is 21.0 Å². The molecule has 4 rings (SSSR count). The zero-order valence-corrected chi connectivity index (χ0v) is 15.9. The highest BCUT2D eigenvalue weighted by molar-refractivity contribution is 7.17. The van der Waals surface area contributed by atoms with E-state index in [1.165, 1.54) is 34.4 Å². The summed E-state index contributed by atoms with van der Waals surface area (Å²) in [6.07, 6.45) is 3.16. The van der Waals surface area contributed by atoms with Crippen molar-refractivity contribution in [3.8, 4) is 17.2 Å². The van der Waals surface area contributed by atoms with E-state index < -0.39 is 11.4 Å². The molecule has 1 amide bonds. The number of carbonyl (C=O) groups excluding carboxylic acids is 1. The first-order valence-corrected chi connectivity index (χ1v) is 9.74. The van der Waals surface area contributed by atoms with Gasteiger partial charge in [0.15, 0.2) is 0 Å². The molecule has 8 heteroatoms. The first kappa shape index (κ1) is 18.3. The molecule has 28 heavy (non-hydrogen) atoms. The van der Waals surface area contributed by atoms with Crippen LogP contribution in [0.4, 0.5) is 4.39 Å². The summed E-state index contributed by atoms with van der Waals surface area (Å²) in [5.41, 5.74) is 0.109. The normalized spacial score (nSPS) is 15.8. The Balaban J connectivity index is 1.65. The SMILES string of the molecule is C[C@@](C#N)(NC(=O)Cn1cnc2scc(-c3ccc(F)cc3)c2c1=O)C1CC1. The third-order valence-corrected chi connectivity index (χ3v) is 5.94. The van der Waals surface area contributed by atoms with E-state index in [0.717, 1.165) is 12.8 Å². The molecule has 3 aromatic rings. The van der Waals surface area contributed by atoms with Crippen molar-refractivity contribution in [3.63, 3.8) is 0 Å². The maximum absolute atomic E-state index is 13.2. The minimum Gasteiger partial charge on any atom is -0.336 e. The van der Waals surface area contributed by atoms with E-state index in [2.05, 4.69) is 16.4 Å². The van der Waals surface area contributed by atoms with E-state index in [1.807, 2.05) is 0 Å². The zero-order chi connectivity index (χ0) is 19.9. The van der Waals surface area contributed by atoms with Gasteiger partial charge in [0, 0.05) is 10.9 Å². The second-order valence-electron chi connectivity index (χ2n) is 7.15. The highest BCUT2D eigenvalue weighted by Gasteiger charge is 2.43. The fourth-order valence-electron chi connectivity index (χ4n) is 3.29. The summed E-state index contributed by atoms with van der Waals surface area (Å²) in [4.78, 5) is 30.3. The third-order valence-electron chi connectivity index (χ3n) is 5.06. The van der Waals surface area contributed by atoms with Crippen molar-refractivity contribution in [3.05, 3.63) is 52.1 Å². The van der Waals surface area contributed by atoms with Crippen molar-refractivity contribution in [2.45, 2.75) is 31.8 Å². The molecular formula is C20H17FN4O2S. The van der Waals surface area contributed by atoms with Crippen LogP contribution in [0.2, 0.25) is 0 Å². The summed E-state index contributed by atoms with van der Waals surface area (Å²) >= 11 is 1.32. The molecule has 1 aliphatic rings. The molecule has 2 heterocycles. The van der Waals surface area contributed by atoms with Crippen molar-refractivity contribution in [1.29, 1.82) is 5.26 Å². The molecule has 0 saturated heterocycles. The number of rotatable bonds is 5. The summed E-state index contributed by atoms with van der Waals surface area (Å²) in [6.45, 7) is 1.49. The van der Waals surface area contributed by atoms with Crippen LogP contribution < -0.4 is 10.9 Å². The van der Waals surface area contributed by atoms with Gasteiger partial charge in [-0.2, -0.15) is 5.26 Å². The molecule has 142 valence electrons. The maximum atomic E-state index is 13.2. The van der Waals surface area contributed by atoms with Gasteiger partial charge in [0.25, 0.3) is 5.56 Å². The van der Waals surface area contributed by atoms with Crippen LogP contribution in [0.5, 0.6) is 0 Å². The lowest BCUT2D eigenvalue weighted by molar-refractivity contribution is -0.123. The zero-order valence-electron chi connectivity index (χ0n) is 15.1. The average molecular weight is 396 g/mol. The first-order valence-electron chi connectivity index (χ1n) is 8.86. The van der Waals surface area contributed by atoms with Crippen LogP contribution in [0.25, 0.3) is 21.3 Å². The van der Waals surface area contributed by atoms with Gasteiger partial charge in [-0.1, -0.05) is 12.1 Å². The minimum atomic E-state index is -0.917. The molecule has 1 aliphatic carbocycles. The van der Waals surface area contributed by atoms with Gasteiger partial charge in [0.1, 0.15) is 22.7 Å². The van der Waals surface area contributed by atoms with Crippen molar-refractivity contribution < 1.29 is 9.18 Å². The number of amides is 1. The Morgan fingerprint density at radius 1 is 1.43 bits per heavy atom. The van der Waals surface area contributed by atoms with Gasteiger partial charge in [-0.05, 0) is 43.4 Å². The molecule has 1 saturated carbocycles. The Labute approximate surface area is 164 Å². The van der Waals surface area contributed by atoms with Gasteiger partial charge in [0.2, 0.25) is 5.91 Å². The number of nitriles is 1. The fourth-order valence-corrected chi connectivity index (χ4v) is 4.19. The smallest absolute Gasteiger partial charge is 0.263 e. The minimum absolute atomic E-state index is 0.153. The molecular weight excluding hydrogens is 379 g/mol. The molecule has 0 bridgehead atoms. The summed E-state index contributed by atoms with van der Waals surface area (Å²) in [6, 6.07) is 8.05. The predicted octanol–water partition coefficient (Wildman–Crippen LogP) is 3.07. The van der Waals surface area contributed by atoms with Crippen LogP contribution in [0.3, 0.4) is 0 Å². The van der Waals surface area contributed by atoms with E-state index in [0.29, 0.717) is 21.3 Å². The Morgan fingerprint density at radius 3 is 2.79 bits per heavy atom. The number of thiophene rings is 1. The summed E-state index contributed by atoms with van der Waals surface area (Å²) < 4.78 is 14.5. The van der Waals surface area contributed by atoms with Gasteiger partial charge >= 0.3 is 0 Å². The molecule has 0 aliphatic heterocycles. The lowest BCUT2D eigenvalue weighted by Crippen LogP contribution is -2.48. The maximum Gasteiger partial charge on any atom is 0.263 e. The number of hydrogen-bond donors (Lipinski definition) is 1. The van der Waals surface area contributed by atoms with Gasteiger partial charge in [-0.25, -0.2) is 9.37 Å². The van der Waals surface area contributed by atoms with Crippen LogP contribution in [0, 0.1) is 23.1 Å². The molecule has 0 unspecified atom stereocenters. The third kappa shape index (κ3) is 3.29. The van der Waals surface area contributed by atoms with Crippen LogP contribution in [0.15, 0.2) is 40.8 Å². The molecule has 1 N–H and O–H groups in total. The Morgan fingerprint density at radius 2 is 2.14 bits per heavy atom. The largest absolute Gasteiger partial charge is 0.336 e. The van der Waals surface area contributed by atoms with Crippen molar-refractivity contribution in [2.24, 2.45) is 5.92 Å². The summed E-state index contributed by atoms with van der Waals surface area (Å²) in [5.74, 6) is -0.606. The van der Waals surface area contributed by atoms with Gasteiger partial charge in [-0.3, -0.25) is 14.2 Å². The topological polar surface area (TPSA) is 87.8 Å². The van der Waals surface area contributed by atoms with Gasteiger partial charge < -0.3 is 5.32 Å². The second kappa shape index (κ2) is 6.84. The van der Waals surface area contributed by atoms with E-state index in [1.54, 1.807) is 24.4 Å². The van der Waals surface area contributed by atoms with E-state index >= 15 is 0 Å². The second-order valence-corrected chi connectivity index (χ2v) is 8.01. The molecule has 1 atom stereocenters. The lowest BCUT2D eigenvalue weighted by Gasteiger charge is -2.23. The van der Waals surface area contributed by atoms with E-state index in [-0.39, 0.29) is 23.8 Å². The van der Waals surface area contributed by atoms with Gasteiger partial charge in [0.05, 0.1) is 17.8 Å². The Hall–Kier alpha value is -3.05. The van der Waals surface area contributed by atoms with Crippen molar-refractivity contribution in [1.82, 2.24) is 14.9 Å². The Bertz CT molecular complexity index is 1160. The number of aromatic nitrogens is 2. The standard InChI is InChI=1S/C20H17FN4O2S/c1-20(10-22,13-4-5-13)24-16(26)8-25-11-23-18-17(19(25)27)15(9-28-18)12-2-6-14(21)7-3-12/h2-3,6-7,9,11,13H,4-5,8H2,1H3,(H,24,26)/t20-/m0/s1. The fraction of sp³-hybridized carbons (Fsp3) is 0.300. The first-order chi connectivity index (χ1) is 13.4. The predicted molar refractivity (Wildman–Crippen MR) is 104 cm³/mol. The number of nitrogens with zero attached hydrogens (tertiary/aromatic N) is 3. The highest BCUT2D eigenvalue weighted by atomic mass is 32.1. The van der Waals surface area contributed by atoms with Crippen LogP contribution >= 0.6 is 11.3 Å².